The Bertz CT molecular complexity index is 516. The summed E-state index contributed by atoms with van der Waals surface area (Å²) in [6.45, 7) is 0. The van der Waals surface area contributed by atoms with Gasteiger partial charge in [-0.15, -0.1) is 0 Å². The maximum absolute atomic E-state index is 4.33. The van der Waals surface area contributed by atoms with Crippen LogP contribution in [-0.4, -0.2) is 9.55 Å². The molecular formula is C14H17N3. The lowest BCUT2D eigenvalue weighted by Gasteiger charge is -2.26. The third kappa shape index (κ3) is 1.93. The number of hydrogen-bond donors (Lipinski definition) is 1. The number of benzene rings is 1. The fraction of sp³-hybridized carbons (Fsp3) is 0.357. The van der Waals surface area contributed by atoms with Gasteiger partial charge < -0.3 is 9.88 Å². The highest BCUT2D eigenvalue weighted by Crippen LogP contribution is 2.31. The Morgan fingerprint density at radius 1 is 1.35 bits per heavy atom. The van der Waals surface area contributed by atoms with E-state index in [9.17, 15) is 0 Å². The van der Waals surface area contributed by atoms with Gasteiger partial charge in [0.15, 0.2) is 0 Å². The monoisotopic (exact) mass is 227 g/mol. The zero-order valence-corrected chi connectivity index (χ0v) is 10.1. The van der Waals surface area contributed by atoms with Crippen molar-refractivity contribution >= 4 is 5.95 Å². The van der Waals surface area contributed by atoms with Crippen LogP contribution in [0, 0.1) is 0 Å². The van der Waals surface area contributed by atoms with Gasteiger partial charge in [0.05, 0.1) is 6.04 Å². The number of fused-ring (bicyclic) bond motifs is 1. The van der Waals surface area contributed by atoms with Crippen molar-refractivity contribution in [2.75, 3.05) is 5.32 Å². The molecule has 1 aromatic carbocycles. The Labute approximate surface area is 101 Å². The van der Waals surface area contributed by atoms with Crippen molar-refractivity contribution in [1.29, 1.82) is 0 Å². The van der Waals surface area contributed by atoms with Crippen LogP contribution in [0.5, 0.6) is 0 Å². The first-order valence-electron chi connectivity index (χ1n) is 6.16. The number of aryl methyl sites for hydroxylation is 2. The van der Waals surface area contributed by atoms with Crippen LogP contribution in [0.3, 0.4) is 0 Å². The SMILES string of the molecule is Cn1ccnc1NC1CCCc2ccccc21. The minimum atomic E-state index is 0.404. The molecule has 0 radical (unpaired) electrons. The minimum Gasteiger partial charge on any atom is -0.349 e. The van der Waals surface area contributed by atoms with Crippen LogP contribution < -0.4 is 5.32 Å². The number of hydrogen-bond acceptors (Lipinski definition) is 2. The molecule has 3 heteroatoms. The summed E-state index contributed by atoms with van der Waals surface area (Å²) in [5, 5.41) is 3.54. The quantitative estimate of drug-likeness (QED) is 0.855. The van der Waals surface area contributed by atoms with Crippen molar-refractivity contribution in [2.45, 2.75) is 25.3 Å². The standard InChI is InChI=1S/C14H17N3/c1-17-10-9-15-14(17)16-13-8-4-6-11-5-2-3-7-12(11)13/h2-3,5,7,9-10,13H,4,6,8H2,1H3,(H,15,16). The lowest BCUT2D eigenvalue weighted by atomic mass is 9.88. The third-order valence-corrected chi connectivity index (χ3v) is 3.49. The van der Waals surface area contributed by atoms with Gasteiger partial charge >= 0.3 is 0 Å². The minimum absolute atomic E-state index is 0.404. The van der Waals surface area contributed by atoms with E-state index in [-0.39, 0.29) is 0 Å². The van der Waals surface area contributed by atoms with Gasteiger partial charge in [0, 0.05) is 19.4 Å². The topological polar surface area (TPSA) is 29.9 Å². The van der Waals surface area contributed by atoms with Gasteiger partial charge in [-0.3, -0.25) is 0 Å². The van der Waals surface area contributed by atoms with Gasteiger partial charge in [0.2, 0.25) is 5.95 Å². The van der Waals surface area contributed by atoms with Crippen molar-refractivity contribution in [1.82, 2.24) is 9.55 Å². The maximum atomic E-state index is 4.33. The Morgan fingerprint density at radius 3 is 3.06 bits per heavy atom. The fourth-order valence-electron chi connectivity index (χ4n) is 2.56. The van der Waals surface area contributed by atoms with Crippen molar-refractivity contribution < 1.29 is 0 Å². The molecule has 0 bridgehead atoms. The lowest BCUT2D eigenvalue weighted by Crippen LogP contribution is -2.18. The van der Waals surface area contributed by atoms with Crippen LogP contribution in [0.4, 0.5) is 5.95 Å². The molecule has 0 saturated heterocycles. The van der Waals surface area contributed by atoms with Gasteiger partial charge in [0.1, 0.15) is 0 Å². The summed E-state index contributed by atoms with van der Waals surface area (Å²) in [5.41, 5.74) is 2.91. The van der Waals surface area contributed by atoms with Crippen LogP contribution in [0.25, 0.3) is 0 Å². The third-order valence-electron chi connectivity index (χ3n) is 3.49. The summed E-state index contributed by atoms with van der Waals surface area (Å²) >= 11 is 0. The normalized spacial score (nSPS) is 18.8. The van der Waals surface area contributed by atoms with E-state index in [1.807, 2.05) is 24.0 Å². The predicted molar refractivity (Wildman–Crippen MR) is 69.0 cm³/mol. The summed E-state index contributed by atoms with van der Waals surface area (Å²) in [6.07, 6.45) is 7.44. The van der Waals surface area contributed by atoms with Gasteiger partial charge in [-0.05, 0) is 30.4 Å². The molecule has 0 fully saturated rings. The molecule has 1 aliphatic carbocycles. The van der Waals surface area contributed by atoms with Crippen molar-refractivity contribution in [2.24, 2.45) is 7.05 Å². The molecule has 0 amide bonds. The van der Waals surface area contributed by atoms with E-state index in [1.165, 1.54) is 30.4 Å². The van der Waals surface area contributed by atoms with Crippen molar-refractivity contribution in [3.8, 4) is 0 Å². The number of rotatable bonds is 2. The number of nitrogens with zero attached hydrogens (tertiary/aromatic N) is 2. The highest BCUT2D eigenvalue weighted by molar-refractivity contribution is 5.38. The summed E-state index contributed by atoms with van der Waals surface area (Å²) in [5.74, 6) is 0.951. The second-order valence-electron chi connectivity index (χ2n) is 4.65. The summed E-state index contributed by atoms with van der Waals surface area (Å²) in [4.78, 5) is 4.33. The van der Waals surface area contributed by atoms with Gasteiger partial charge in [-0.1, -0.05) is 24.3 Å². The molecule has 88 valence electrons. The zero-order valence-electron chi connectivity index (χ0n) is 10.1. The summed E-state index contributed by atoms with van der Waals surface area (Å²) in [7, 11) is 2.02. The van der Waals surface area contributed by atoms with E-state index in [4.69, 9.17) is 0 Å². The molecule has 3 nitrogen and oxygen atoms in total. The Morgan fingerprint density at radius 2 is 2.24 bits per heavy atom. The lowest BCUT2D eigenvalue weighted by molar-refractivity contribution is 0.594. The highest BCUT2D eigenvalue weighted by Gasteiger charge is 2.20. The van der Waals surface area contributed by atoms with Crippen LogP contribution in [-0.2, 0) is 13.5 Å². The Hall–Kier alpha value is -1.77. The molecule has 0 aliphatic heterocycles. The first kappa shape index (κ1) is 10.4. The Kier molecular flexibility index (Phi) is 2.59. The van der Waals surface area contributed by atoms with Crippen molar-refractivity contribution in [3.05, 3.63) is 47.8 Å². The van der Waals surface area contributed by atoms with Gasteiger partial charge in [-0.25, -0.2) is 4.98 Å². The summed E-state index contributed by atoms with van der Waals surface area (Å²) in [6, 6.07) is 9.12. The molecule has 1 aromatic heterocycles. The van der Waals surface area contributed by atoms with Gasteiger partial charge in [0.25, 0.3) is 0 Å². The largest absolute Gasteiger partial charge is 0.349 e. The smallest absolute Gasteiger partial charge is 0.202 e. The van der Waals surface area contributed by atoms with E-state index in [0.717, 1.165) is 5.95 Å². The number of imidazole rings is 1. The van der Waals surface area contributed by atoms with Crippen LogP contribution in [0.15, 0.2) is 36.7 Å². The first-order chi connectivity index (χ1) is 8.34. The molecule has 0 saturated carbocycles. The molecular weight excluding hydrogens is 210 g/mol. The maximum Gasteiger partial charge on any atom is 0.202 e. The first-order valence-corrected chi connectivity index (χ1v) is 6.16. The average molecular weight is 227 g/mol. The number of nitrogens with one attached hydrogen (secondary N) is 1. The van der Waals surface area contributed by atoms with E-state index in [2.05, 4.69) is 34.6 Å². The number of anilines is 1. The second kappa shape index (κ2) is 4.24. The van der Waals surface area contributed by atoms with E-state index < -0.39 is 0 Å². The van der Waals surface area contributed by atoms with Crippen molar-refractivity contribution in [3.63, 3.8) is 0 Å². The fourth-order valence-corrected chi connectivity index (χ4v) is 2.56. The van der Waals surface area contributed by atoms with E-state index in [0.29, 0.717) is 6.04 Å². The zero-order chi connectivity index (χ0) is 11.7. The second-order valence-corrected chi connectivity index (χ2v) is 4.65. The molecule has 0 spiro atoms. The molecule has 1 heterocycles. The van der Waals surface area contributed by atoms with Crippen LogP contribution in [0.1, 0.15) is 30.0 Å². The van der Waals surface area contributed by atoms with Crippen LogP contribution in [0.2, 0.25) is 0 Å². The van der Waals surface area contributed by atoms with Gasteiger partial charge in [-0.2, -0.15) is 0 Å². The molecule has 3 rings (SSSR count). The van der Waals surface area contributed by atoms with E-state index >= 15 is 0 Å². The van der Waals surface area contributed by atoms with E-state index in [1.54, 1.807) is 0 Å². The average Bonchev–Trinajstić information content (AvgIpc) is 2.76. The predicted octanol–water partition coefficient (Wildman–Crippen LogP) is 2.91. The number of aromatic nitrogens is 2. The molecule has 1 aliphatic rings. The molecule has 2 aromatic rings. The Balaban J connectivity index is 1.88. The molecule has 17 heavy (non-hydrogen) atoms. The van der Waals surface area contributed by atoms with Crippen LogP contribution >= 0.6 is 0 Å². The molecule has 1 unspecified atom stereocenters. The summed E-state index contributed by atoms with van der Waals surface area (Å²) < 4.78 is 2.03. The molecule has 1 atom stereocenters. The highest BCUT2D eigenvalue weighted by atomic mass is 15.2. The molecule has 1 N–H and O–H groups in total.